The second-order valence-corrected chi connectivity index (χ2v) is 7.46. The molecule has 0 aliphatic carbocycles. The molecule has 0 spiro atoms. The normalized spacial score (nSPS) is 11.3. The Morgan fingerprint density at radius 2 is 1.79 bits per heavy atom. The summed E-state index contributed by atoms with van der Waals surface area (Å²) in [6.07, 6.45) is -3.33. The maximum absolute atomic E-state index is 12.8. The zero-order valence-corrected chi connectivity index (χ0v) is 18.2. The molecule has 0 radical (unpaired) electrons. The number of hydrogen-bond donors (Lipinski definition) is 1. The van der Waals surface area contributed by atoms with Gasteiger partial charge in [0.05, 0.1) is 33.5 Å². The number of carbonyl (C=O) groups is 1. The number of rotatable bonds is 6. The SMILES string of the molecule is N#Cc1ccccc1COc1c(Cl)cc(/C=N/NC(=O)c2cccc(C(F)(F)F)c2)cc1Cl. The predicted molar refractivity (Wildman–Crippen MR) is 118 cm³/mol. The van der Waals surface area contributed by atoms with E-state index >= 15 is 0 Å². The monoisotopic (exact) mass is 491 g/mol. The summed E-state index contributed by atoms with van der Waals surface area (Å²) in [5.41, 5.74) is 2.56. The van der Waals surface area contributed by atoms with Gasteiger partial charge in [0.2, 0.25) is 0 Å². The Morgan fingerprint density at radius 3 is 2.45 bits per heavy atom. The molecule has 10 heteroatoms. The number of hydrogen-bond acceptors (Lipinski definition) is 4. The Kier molecular flexibility index (Phi) is 7.59. The number of hydrazone groups is 1. The van der Waals surface area contributed by atoms with Gasteiger partial charge in [0.1, 0.15) is 6.61 Å². The first-order valence-electron chi connectivity index (χ1n) is 9.29. The third-order valence-corrected chi connectivity index (χ3v) is 4.92. The summed E-state index contributed by atoms with van der Waals surface area (Å²) in [6.45, 7) is 0.0731. The van der Waals surface area contributed by atoms with Gasteiger partial charge in [-0.05, 0) is 42.0 Å². The zero-order valence-electron chi connectivity index (χ0n) is 16.7. The van der Waals surface area contributed by atoms with Crippen LogP contribution < -0.4 is 10.2 Å². The molecule has 0 saturated heterocycles. The van der Waals surface area contributed by atoms with Crippen LogP contribution >= 0.6 is 23.2 Å². The molecule has 0 aliphatic rings. The first kappa shape index (κ1) is 24.1. The molecule has 0 bridgehead atoms. The number of carbonyl (C=O) groups excluding carboxylic acids is 1. The average Bonchev–Trinajstić information content (AvgIpc) is 2.78. The largest absolute Gasteiger partial charge is 0.486 e. The van der Waals surface area contributed by atoms with Gasteiger partial charge < -0.3 is 4.74 Å². The van der Waals surface area contributed by atoms with E-state index in [4.69, 9.17) is 33.2 Å². The Hall–Kier alpha value is -3.54. The van der Waals surface area contributed by atoms with Gasteiger partial charge in [-0.3, -0.25) is 4.79 Å². The Labute approximate surface area is 197 Å². The summed E-state index contributed by atoms with van der Waals surface area (Å²) in [5.74, 6) is -0.609. The summed E-state index contributed by atoms with van der Waals surface area (Å²) in [7, 11) is 0. The Bertz CT molecular complexity index is 1230. The number of ether oxygens (including phenoxy) is 1. The fourth-order valence-electron chi connectivity index (χ4n) is 2.76. The molecular weight excluding hydrogens is 478 g/mol. The summed E-state index contributed by atoms with van der Waals surface area (Å²) in [6, 6.07) is 15.9. The van der Waals surface area contributed by atoms with Crippen LogP contribution in [-0.4, -0.2) is 12.1 Å². The number of nitriles is 1. The lowest BCUT2D eigenvalue weighted by Gasteiger charge is -2.11. The van der Waals surface area contributed by atoms with Crippen LogP contribution in [0.25, 0.3) is 0 Å². The van der Waals surface area contributed by atoms with E-state index in [0.717, 1.165) is 18.2 Å². The second kappa shape index (κ2) is 10.4. The molecule has 0 saturated carbocycles. The molecular formula is C23H14Cl2F3N3O2. The van der Waals surface area contributed by atoms with Crippen molar-refractivity contribution in [2.24, 2.45) is 5.10 Å². The van der Waals surface area contributed by atoms with Crippen LogP contribution in [0.15, 0.2) is 65.8 Å². The minimum Gasteiger partial charge on any atom is -0.486 e. The second-order valence-electron chi connectivity index (χ2n) is 6.65. The van der Waals surface area contributed by atoms with E-state index in [1.54, 1.807) is 24.3 Å². The molecule has 0 unspecified atom stereocenters. The molecule has 3 aromatic rings. The predicted octanol–water partition coefficient (Wildman–Crippen LogP) is 6.23. The van der Waals surface area contributed by atoms with Crippen LogP contribution in [0.5, 0.6) is 5.75 Å². The first-order valence-corrected chi connectivity index (χ1v) is 10.0. The number of alkyl halides is 3. The zero-order chi connectivity index (χ0) is 24.0. The first-order chi connectivity index (χ1) is 15.7. The van der Waals surface area contributed by atoms with Gasteiger partial charge in [0, 0.05) is 11.1 Å². The quantitative estimate of drug-likeness (QED) is 0.328. The minimum absolute atomic E-state index is 0.0731. The molecule has 1 N–H and O–H groups in total. The summed E-state index contributed by atoms with van der Waals surface area (Å²) < 4.78 is 44.0. The van der Waals surface area contributed by atoms with Crippen LogP contribution in [0.4, 0.5) is 13.2 Å². The van der Waals surface area contributed by atoms with Crippen molar-refractivity contribution in [2.45, 2.75) is 12.8 Å². The summed E-state index contributed by atoms with van der Waals surface area (Å²) in [5, 5.41) is 13.2. The molecule has 0 aromatic heterocycles. The van der Waals surface area contributed by atoms with Crippen LogP contribution in [0, 0.1) is 11.3 Å². The van der Waals surface area contributed by atoms with Crippen molar-refractivity contribution >= 4 is 35.3 Å². The van der Waals surface area contributed by atoms with Gasteiger partial charge in [-0.2, -0.15) is 23.5 Å². The molecule has 33 heavy (non-hydrogen) atoms. The third-order valence-electron chi connectivity index (χ3n) is 4.36. The van der Waals surface area contributed by atoms with E-state index in [9.17, 15) is 18.0 Å². The number of halogens is 5. The third kappa shape index (κ3) is 6.25. The lowest BCUT2D eigenvalue weighted by molar-refractivity contribution is -0.137. The highest BCUT2D eigenvalue weighted by Crippen LogP contribution is 2.34. The Morgan fingerprint density at radius 1 is 1.09 bits per heavy atom. The maximum Gasteiger partial charge on any atom is 0.416 e. The standard InChI is InChI=1S/C23H14Cl2F3N3O2/c24-19-8-14(9-20(25)21(19)33-13-17-5-2-1-4-16(17)11-29)12-30-31-22(32)15-6-3-7-18(10-15)23(26,27)28/h1-10,12H,13H2,(H,31,32)/b30-12+. The van der Waals surface area contributed by atoms with E-state index in [2.05, 4.69) is 16.6 Å². The van der Waals surface area contributed by atoms with Crippen molar-refractivity contribution in [3.63, 3.8) is 0 Å². The van der Waals surface area contributed by atoms with Gasteiger partial charge in [0.15, 0.2) is 5.75 Å². The number of nitrogens with zero attached hydrogens (tertiary/aromatic N) is 2. The molecule has 3 rings (SSSR count). The van der Waals surface area contributed by atoms with Crippen molar-refractivity contribution in [1.82, 2.24) is 5.43 Å². The van der Waals surface area contributed by atoms with Gasteiger partial charge in [0.25, 0.3) is 5.91 Å². The van der Waals surface area contributed by atoms with Crippen molar-refractivity contribution in [3.8, 4) is 11.8 Å². The lowest BCUT2D eigenvalue weighted by atomic mass is 10.1. The van der Waals surface area contributed by atoms with Crippen molar-refractivity contribution in [3.05, 3.63) is 98.5 Å². The molecule has 0 fully saturated rings. The van der Waals surface area contributed by atoms with Crippen LogP contribution in [0.1, 0.15) is 32.6 Å². The highest BCUT2D eigenvalue weighted by atomic mass is 35.5. The lowest BCUT2D eigenvalue weighted by Crippen LogP contribution is -2.18. The van der Waals surface area contributed by atoms with E-state index in [1.165, 1.54) is 24.4 Å². The van der Waals surface area contributed by atoms with Crippen molar-refractivity contribution in [2.75, 3.05) is 0 Å². The van der Waals surface area contributed by atoms with Gasteiger partial charge in [-0.1, -0.05) is 47.5 Å². The van der Waals surface area contributed by atoms with Crippen molar-refractivity contribution < 1.29 is 22.7 Å². The highest BCUT2D eigenvalue weighted by molar-refractivity contribution is 6.37. The molecule has 0 aliphatic heterocycles. The minimum atomic E-state index is -4.56. The summed E-state index contributed by atoms with van der Waals surface area (Å²) >= 11 is 12.5. The molecule has 3 aromatic carbocycles. The topological polar surface area (TPSA) is 74.5 Å². The summed E-state index contributed by atoms with van der Waals surface area (Å²) in [4.78, 5) is 12.1. The van der Waals surface area contributed by atoms with Gasteiger partial charge >= 0.3 is 6.18 Å². The van der Waals surface area contributed by atoms with E-state index in [-0.39, 0.29) is 28.0 Å². The molecule has 1 amide bonds. The van der Waals surface area contributed by atoms with Gasteiger partial charge in [-0.25, -0.2) is 5.43 Å². The Balaban J connectivity index is 1.67. The molecule has 0 atom stereocenters. The van der Waals surface area contributed by atoms with E-state index in [0.29, 0.717) is 16.7 Å². The number of benzene rings is 3. The van der Waals surface area contributed by atoms with Crippen LogP contribution in [-0.2, 0) is 12.8 Å². The highest BCUT2D eigenvalue weighted by Gasteiger charge is 2.30. The fourth-order valence-corrected chi connectivity index (χ4v) is 3.38. The molecule has 0 heterocycles. The van der Waals surface area contributed by atoms with Crippen LogP contribution in [0.3, 0.4) is 0 Å². The maximum atomic E-state index is 12.8. The van der Waals surface area contributed by atoms with Gasteiger partial charge in [-0.15, -0.1) is 0 Å². The van der Waals surface area contributed by atoms with E-state index in [1.807, 2.05) is 0 Å². The van der Waals surface area contributed by atoms with E-state index < -0.39 is 17.6 Å². The number of amides is 1. The molecule has 168 valence electrons. The smallest absolute Gasteiger partial charge is 0.416 e. The average molecular weight is 492 g/mol. The van der Waals surface area contributed by atoms with Crippen molar-refractivity contribution in [1.29, 1.82) is 5.26 Å². The van der Waals surface area contributed by atoms with Crippen LogP contribution in [0.2, 0.25) is 10.0 Å². The molecule has 5 nitrogen and oxygen atoms in total. The fraction of sp³-hybridized carbons (Fsp3) is 0.0870. The number of nitrogens with one attached hydrogen (secondary N) is 1.